The summed E-state index contributed by atoms with van der Waals surface area (Å²) >= 11 is 5.18. The predicted octanol–water partition coefficient (Wildman–Crippen LogP) is 2.18. The van der Waals surface area contributed by atoms with Crippen molar-refractivity contribution in [2.75, 3.05) is 26.0 Å². The molecule has 0 bridgehead atoms. The summed E-state index contributed by atoms with van der Waals surface area (Å²) in [6.07, 6.45) is 1.56. The van der Waals surface area contributed by atoms with Crippen molar-refractivity contribution >= 4 is 33.8 Å². The summed E-state index contributed by atoms with van der Waals surface area (Å²) in [5, 5.41) is 9.53. The van der Waals surface area contributed by atoms with E-state index in [1.807, 2.05) is 6.92 Å². The van der Waals surface area contributed by atoms with Crippen LogP contribution in [0.4, 0.5) is 5.69 Å². The molecule has 0 aliphatic rings. The van der Waals surface area contributed by atoms with Crippen LogP contribution in [-0.2, 0) is 27.8 Å². The lowest BCUT2D eigenvalue weighted by atomic mass is 10.3. The van der Waals surface area contributed by atoms with Crippen LogP contribution in [0.1, 0.15) is 26.1 Å². The molecule has 2 N–H and O–H groups in total. The van der Waals surface area contributed by atoms with Gasteiger partial charge in [-0.3, -0.25) is 14.5 Å². The number of carbonyl (C=O) groups is 1. The van der Waals surface area contributed by atoms with Gasteiger partial charge < -0.3 is 10.1 Å². The van der Waals surface area contributed by atoms with Crippen molar-refractivity contribution in [3.63, 3.8) is 0 Å². The molecule has 154 valence electrons. The Hall–Kier alpha value is -2.24. The van der Waals surface area contributed by atoms with Crippen molar-refractivity contribution in [2.24, 2.45) is 0 Å². The van der Waals surface area contributed by atoms with Crippen LogP contribution in [0.3, 0.4) is 0 Å². The molecule has 11 heteroatoms. The predicted molar refractivity (Wildman–Crippen MR) is 109 cm³/mol. The minimum Gasteiger partial charge on any atom is -0.492 e. The number of hydrogen-bond donors (Lipinski definition) is 2. The average Bonchev–Trinajstić information content (AvgIpc) is 2.96. The van der Waals surface area contributed by atoms with E-state index in [1.54, 1.807) is 17.6 Å². The molecule has 0 radical (unpaired) electrons. The number of H-pyrrole nitrogens is 1. The highest BCUT2D eigenvalue weighted by Crippen LogP contribution is 2.29. The Labute approximate surface area is 169 Å². The van der Waals surface area contributed by atoms with Gasteiger partial charge in [0.15, 0.2) is 4.77 Å². The number of ether oxygens (including phenoxy) is 1. The van der Waals surface area contributed by atoms with E-state index in [2.05, 4.69) is 15.5 Å². The maximum atomic E-state index is 12.6. The van der Waals surface area contributed by atoms with Gasteiger partial charge in [0.05, 0.1) is 6.61 Å². The average molecular weight is 428 g/mol. The molecule has 1 amide bonds. The Balaban J connectivity index is 2.28. The zero-order valence-electron chi connectivity index (χ0n) is 16.4. The maximum absolute atomic E-state index is 12.6. The molecule has 1 aromatic carbocycles. The molecule has 0 unspecified atom stereocenters. The number of aromatic amines is 1. The molecule has 0 atom stereocenters. The topological polar surface area (TPSA) is 109 Å². The van der Waals surface area contributed by atoms with E-state index in [1.165, 1.54) is 26.2 Å². The van der Waals surface area contributed by atoms with Crippen LogP contribution in [0.5, 0.6) is 5.75 Å². The Kier molecular flexibility index (Phi) is 7.33. The number of anilines is 1. The number of aromatic nitrogens is 3. The van der Waals surface area contributed by atoms with Gasteiger partial charge in [-0.25, -0.2) is 12.7 Å². The van der Waals surface area contributed by atoms with Crippen molar-refractivity contribution < 1.29 is 17.9 Å². The summed E-state index contributed by atoms with van der Waals surface area (Å²) in [6.45, 7) is 4.08. The van der Waals surface area contributed by atoms with Gasteiger partial charge in [0.1, 0.15) is 23.0 Å². The standard InChI is InChI=1S/C17H25N5O4S2/c1-5-7-15-19-20-17(27)22(15)11-16(23)18-12-8-9-13(26-6-2)14(10-12)28(24,25)21(3)4/h8-10H,5-7,11H2,1-4H3,(H,18,23)(H,20,27). The largest absolute Gasteiger partial charge is 0.492 e. The van der Waals surface area contributed by atoms with Gasteiger partial charge in [-0.05, 0) is 43.8 Å². The fourth-order valence-corrected chi connectivity index (χ4v) is 3.80. The normalized spacial score (nSPS) is 11.6. The molecule has 9 nitrogen and oxygen atoms in total. The lowest BCUT2D eigenvalue weighted by molar-refractivity contribution is -0.116. The number of hydrogen-bond acceptors (Lipinski definition) is 6. The summed E-state index contributed by atoms with van der Waals surface area (Å²) in [6, 6.07) is 4.51. The van der Waals surface area contributed by atoms with Gasteiger partial charge in [0, 0.05) is 26.2 Å². The van der Waals surface area contributed by atoms with E-state index in [0.29, 0.717) is 29.3 Å². The first kappa shape index (κ1) is 22.1. The maximum Gasteiger partial charge on any atom is 0.246 e. The molecule has 1 aromatic heterocycles. The first-order valence-corrected chi connectivity index (χ1v) is 10.7. The zero-order chi connectivity index (χ0) is 20.9. The van der Waals surface area contributed by atoms with Crippen molar-refractivity contribution in [3.05, 3.63) is 28.8 Å². The molecular weight excluding hydrogens is 402 g/mol. The summed E-state index contributed by atoms with van der Waals surface area (Å²) < 4.78 is 33.7. The van der Waals surface area contributed by atoms with E-state index >= 15 is 0 Å². The van der Waals surface area contributed by atoms with E-state index in [0.717, 1.165) is 10.7 Å². The van der Waals surface area contributed by atoms with Crippen molar-refractivity contribution in [1.82, 2.24) is 19.1 Å². The van der Waals surface area contributed by atoms with Crippen LogP contribution >= 0.6 is 12.2 Å². The van der Waals surface area contributed by atoms with E-state index in [4.69, 9.17) is 17.0 Å². The molecule has 0 saturated heterocycles. The van der Waals surface area contributed by atoms with Gasteiger partial charge in [-0.1, -0.05) is 6.92 Å². The summed E-state index contributed by atoms with van der Waals surface area (Å²) in [7, 11) is -0.865. The molecule has 28 heavy (non-hydrogen) atoms. The summed E-state index contributed by atoms with van der Waals surface area (Å²) in [4.78, 5) is 12.5. The van der Waals surface area contributed by atoms with Crippen LogP contribution in [0, 0.1) is 4.77 Å². The molecule has 1 heterocycles. The van der Waals surface area contributed by atoms with Crippen molar-refractivity contribution in [2.45, 2.75) is 38.1 Å². The number of benzene rings is 1. The molecule has 0 spiro atoms. The Morgan fingerprint density at radius 1 is 1.36 bits per heavy atom. The number of nitrogens with zero attached hydrogens (tertiary/aromatic N) is 3. The van der Waals surface area contributed by atoms with Gasteiger partial charge in [-0.2, -0.15) is 5.10 Å². The minimum absolute atomic E-state index is 0.0104. The number of sulfonamides is 1. The highest BCUT2D eigenvalue weighted by molar-refractivity contribution is 7.89. The fourth-order valence-electron chi connectivity index (χ4n) is 2.53. The molecule has 0 saturated carbocycles. The highest BCUT2D eigenvalue weighted by atomic mass is 32.2. The smallest absolute Gasteiger partial charge is 0.246 e. The second-order valence-electron chi connectivity index (χ2n) is 6.21. The number of amides is 1. The Morgan fingerprint density at radius 3 is 2.68 bits per heavy atom. The van der Waals surface area contributed by atoms with Gasteiger partial charge in [0.25, 0.3) is 0 Å². The van der Waals surface area contributed by atoms with Gasteiger partial charge >= 0.3 is 0 Å². The van der Waals surface area contributed by atoms with Crippen LogP contribution < -0.4 is 10.1 Å². The Bertz CT molecular complexity index is 995. The van der Waals surface area contributed by atoms with Crippen LogP contribution in [0.2, 0.25) is 0 Å². The second-order valence-corrected chi connectivity index (χ2v) is 8.72. The van der Waals surface area contributed by atoms with Gasteiger partial charge in [-0.15, -0.1) is 0 Å². The zero-order valence-corrected chi connectivity index (χ0v) is 18.0. The SMILES string of the molecule is CCCc1n[nH]c(=S)n1CC(=O)Nc1ccc(OCC)c(S(=O)(=O)N(C)C)c1. The summed E-state index contributed by atoms with van der Waals surface area (Å²) in [5.41, 5.74) is 0.348. The molecular formula is C17H25N5O4S2. The number of rotatable bonds is 9. The van der Waals surface area contributed by atoms with Crippen molar-refractivity contribution in [3.8, 4) is 5.75 Å². The monoisotopic (exact) mass is 427 g/mol. The van der Waals surface area contributed by atoms with Crippen molar-refractivity contribution in [1.29, 1.82) is 0 Å². The third kappa shape index (κ3) is 4.97. The lowest BCUT2D eigenvalue weighted by Crippen LogP contribution is -2.24. The third-order valence-electron chi connectivity index (χ3n) is 3.90. The lowest BCUT2D eigenvalue weighted by Gasteiger charge is -2.17. The first-order valence-electron chi connectivity index (χ1n) is 8.84. The van der Waals surface area contributed by atoms with Gasteiger partial charge in [0.2, 0.25) is 15.9 Å². The van der Waals surface area contributed by atoms with Crippen LogP contribution in [-0.4, -0.2) is 54.1 Å². The highest BCUT2D eigenvalue weighted by Gasteiger charge is 2.23. The van der Waals surface area contributed by atoms with Crippen LogP contribution in [0.15, 0.2) is 23.1 Å². The molecule has 2 rings (SSSR count). The Morgan fingerprint density at radius 2 is 2.07 bits per heavy atom. The minimum atomic E-state index is -3.74. The molecule has 0 fully saturated rings. The second kappa shape index (κ2) is 9.30. The van der Waals surface area contributed by atoms with Crippen LogP contribution in [0.25, 0.3) is 0 Å². The fraction of sp³-hybridized carbons (Fsp3) is 0.471. The van der Waals surface area contributed by atoms with E-state index in [-0.39, 0.29) is 23.1 Å². The quantitative estimate of drug-likeness (QED) is 0.594. The molecule has 0 aliphatic carbocycles. The number of carbonyl (C=O) groups excluding carboxylic acids is 1. The van der Waals surface area contributed by atoms with E-state index in [9.17, 15) is 13.2 Å². The molecule has 2 aromatic rings. The third-order valence-corrected chi connectivity index (χ3v) is 6.05. The molecule has 0 aliphatic heterocycles. The van der Waals surface area contributed by atoms with E-state index < -0.39 is 10.0 Å². The summed E-state index contributed by atoms with van der Waals surface area (Å²) in [5.74, 6) is 0.592. The number of nitrogens with one attached hydrogen (secondary N) is 2. The first-order chi connectivity index (χ1) is 13.2. The number of aryl methyl sites for hydroxylation is 1.